The molecule has 7 heteroatoms. The Morgan fingerprint density at radius 1 is 1.03 bits per heavy atom. The smallest absolute Gasteiger partial charge is 0.229 e. The van der Waals surface area contributed by atoms with E-state index >= 15 is 0 Å². The molecule has 0 saturated carbocycles. The molecule has 0 amide bonds. The Morgan fingerprint density at radius 3 is 2.55 bits per heavy atom. The molecule has 0 saturated heterocycles. The van der Waals surface area contributed by atoms with E-state index in [9.17, 15) is 0 Å². The van der Waals surface area contributed by atoms with Crippen LogP contribution in [0.5, 0.6) is 5.88 Å². The highest BCUT2D eigenvalue weighted by atomic mass is 16.5. The highest BCUT2D eigenvalue weighted by molar-refractivity contribution is 5.62. The molecule has 2 N–H and O–H groups in total. The number of hydrazine groups is 1. The fourth-order valence-electron chi connectivity index (χ4n) is 3.38. The maximum atomic E-state index is 6.02. The largest absolute Gasteiger partial charge is 0.477 e. The van der Waals surface area contributed by atoms with E-state index in [0.717, 1.165) is 37.3 Å². The van der Waals surface area contributed by atoms with Gasteiger partial charge < -0.3 is 15.1 Å². The third kappa shape index (κ3) is 7.49. The Balaban J connectivity index is 1.76. The van der Waals surface area contributed by atoms with Crippen molar-refractivity contribution in [3.63, 3.8) is 0 Å². The Bertz CT molecular complexity index is 1020. The van der Waals surface area contributed by atoms with Crippen molar-refractivity contribution in [3.8, 4) is 5.88 Å². The molecular weight excluding hydrogens is 412 g/mol. The molecule has 0 radical (unpaired) electrons. The fourth-order valence-corrected chi connectivity index (χ4v) is 3.38. The van der Waals surface area contributed by atoms with Crippen molar-refractivity contribution in [1.82, 2.24) is 20.4 Å². The average Bonchev–Trinajstić information content (AvgIpc) is 2.83. The predicted molar refractivity (Wildman–Crippen MR) is 135 cm³/mol. The number of aromatic nitrogens is 3. The van der Waals surface area contributed by atoms with E-state index in [1.54, 1.807) is 6.20 Å². The van der Waals surface area contributed by atoms with Gasteiger partial charge in [-0.15, -0.1) is 0 Å². The quantitative estimate of drug-likeness (QED) is 0.357. The lowest BCUT2D eigenvalue weighted by Gasteiger charge is -2.23. The third-order valence-corrected chi connectivity index (χ3v) is 4.98. The zero-order chi connectivity index (χ0) is 23.5. The van der Waals surface area contributed by atoms with E-state index in [4.69, 9.17) is 14.7 Å². The average molecular weight is 447 g/mol. The molecular formula is C26H34N6O. The van der Waals surface area contributed by atoms with Gasteiger partial charge in [0.25, 0.3) is 0 Å². The van der Waals surface area contributed by atoms with Crippen molar-refractivity contribution >= 4 is 17.3 Å². The summed E-state index contributed by atoms with van der Waals surface area (Å²) in [5, 5.41) is 0. The SMILES string of the molecule is C=C(NNc1cccc(C)c1)c1cc(OCCc2ccccn2)nc(N(CCC)CCC)n1. The number of nitrogens with one attached hydrogen (secondary N) is 2. The Hall–Kier alpha value is -3.61. The number of pyridine rings is 1. The second-order valence-corrected chi connectivity index (χ2v) is 7.90. The maximum absolute atomic E-state index is 6.02. The highest BCUT2D eigenvalue weighted by Gasteiger charge is 2.14. The lowest BCUT2D eigenvalue weighted by atomic mass is 10.2. The number of rotatable bonds is 13. The molecule has 2 heterocycles. The number of nitrogens with zero attached hydrogens (tertiary/aromatic N) is 4. The lowest BCUT2D eigenvalue weighted by molar-refractivity contribution is 0.307. The number of hydrogen-bond donors (Lipinski definition) is 2. The van der Waals surface area contributed by atoms with Crippen molar-refractivity contribution in [2.45, 2.75) is 40.0 Å². The van der Waals surface area contributed by atoms with Crippen LogP contribution >= 0.6 is 0 Å². The molecule has 33 heavy (non-hydrogen) atoms. The van der Waals surface area contributed by atoms with E-state index in [1.807, 2.05) is 36.4 Å². The predicted octanol–water partition coefficient (Wildman–Crippen LogP) is 5.02. The van der Waals surface area contributed by atoms with Gasteiger partial charge in [-0.3, -0.25) is 10.4 Å². The summed E-state index contributed by atoms with van der Waals surface area (Å²) in [5.74, 6) is 1.18. The van der Waals surface area contributed by atoms with Crippen molar-refractivity contribution in [1.29, 1.82) is 0 Å². The molecule has 2 aromatic heterocycles. The van der Waals surface area contributed by atoms with Crippen molar-refractivity contribution in [2.24, 2.45) is 0 Å². The maximum Gasteiger partial charge on any atom is 0.229 e. The summed E-state index contributed by atoms with van der Waals surface area (Å²) < 4.78 is 6.02. The standard InChI is InChI=1S/C26H34N6O/c1-5-15-32(16-6-2)26-28-24(21(4)30-31-23-12-9-10-20(3)18-23)19-25(29-26)33-17-13-22-11-7-8-14-27-22/h7-12,14,18-19,30-31H,4-6,13,15-17H2,1-3H3. The van der Waals surface area contributed by atoms with Gasteiger partial charge in [0.15, 0.2) is 0 Å². The van der Waals surface area contributed by atoms with Crippen LogP contribution in [-0.4, -0.2) is 34.6 Å². The first-order chi connectivity index (χ1) is 16.1. The first kappa shape index (κ1) is 24.0. The van der Waals surface area contributed by atoms with E-state index < -0.39 is 0 Å². The number of hydrogen-bond acceptors (Lipinski definition) is 7. The topological polar surface area (TPSA) is 75.2 Å². The summed E-state index contributed by atoms with van der Waals surface area (Å²) in [6, 6.07) is 15.8. The molecule has 0 fully saturated rings. The van der Waals surface area contributed by atoms with Gasteiger partial charge in [0.1, 0.15) is 0 Å². The van der Waals surface area contributed by atoms with Crippen LogP contribution in [-0.2, 0) is 6.42 Å². The molecule has 1 aromatic carbocycles. The molecule has 0 aliphatic rings. The van der Waals surface area contributed by atoms with Crippen LogP contribution in [0.1, 0.15) is 43.6 Å². The van der Waals surface area contributed by atoms with Gasteiger partial charge in [0.2, 0.25) is 11.8 Å². The minimum absolute atomic E-state index is 0.482. The first-order valence-electron chi connectivity index (χ1n) is 11.5. The third-order valence-electron chi connectivity index (χ3n) is 4.98. The van der Waals surface area contributed by atoms with Gasteiger partial charge in [-0.1, -0.05) is 38.6 Å². The van der Waals surface area contributed by atoms with Gasteiger partial charge in [0.05, 0.1) is 23.7 Å². The Morgan fingerprint density at radius 2 is 1.85 bits per heavy atom. The summed E-state index contributed by atoms with van der Waals surface area (Å²) in [4.78, 5) is 16.0. The van der Waals surface area contributed by atoms with Crippen molar-refractivity contribution in [3.05, 3.63) is 78.3 Å². The summed E-state index contributed by atoms with van der Waals surface area (Å²) in [6.07, 6.45) is 4.52. The van der Waals surface area contributed by atoms with E-state index in [1.165, 1.54) is 5.56 Å². The van der Waals surface area contributed by atoms with Gasteiger partial charge >= 0.3 is 0 Å². The van der Waals surface area contributed by atoms with Crippen LogP contribution in [0, 0.1) is 6.92 Å². The highest BCUT2D eigenvalue weighted by Crippen LogP contribution is 2.20. The lowest BCUT2D eigenvalue weighted by Crippen LogP contribution is -2.28. The summed E-state index contributed by atoms with van der Waals surface area (Å²) in [6.45, 7) is 12.8. The number of aryl methyl sites for hydroxylation is 1. The molecule has 0 aliphatic carbocycles. The summed E-state index contributed by atoms with van der Waals surface area (Å²) >= 11 is 0. The molecule has 0 atom stereocenters. The second-order valence-electron chi connectivity index (χ2n) is 7.90. The number of anilines is 2. The number of ether oxygens (including phenoxy) is 1. The van der Waals surface area contributed by atoms with E-state index in [-0.39, 0.29) is 0 Å². The molecule has 0 spiro atoms. The van der Waals surface area contributed by atoms with Crippen LogP contribution in [0.2, 0.25) is 0 Å². The van der Waals surface area contributed by atoms with Gasteiger partial charge in [0, 0.05) is 37.5 Å². The second kappa shape index (κ2) is 12.4. The monoisotopic (exact) mass is 446 g/mol. The van der Waals surface area contributed by atoms with Crippen LogP contribution in [0.3, 0.4) is 0 Å². The summed E-state index contributed by atoms with van der Waals surface area (Å²) in [5.41, 5.74) is 10.8. The van der Waals surface area contributed by atoms with Crippen molar-refractivity contribution < 1.29 is 4.74 Å². The normalized spacial score (nSPS) is 10.5. The van der Waals surface area contributed by atoms with Crippen molar-refractivity contribution in [2.75, 3.05) is 30.0 Å². The van der Waals surface area contributed by atoms with Crippen LogP contribution in [0.15, 0.2) is 61.3 Å². The molecule has 7 nitrogen and oxygen atoms in total. The van der Waals surface area contributed by atoms with Gasteiger partial charge in [-0.2, -0.15) is 4.98 Å². The van der Waals surface area contributed by atoms with E-state index in [0.29, 0.717) is 36.2 Å². The zero-order valence-electron chi connectivity index (χ0n) is 19.8. The van der Waals surface area contributed by atoms with Gasteiger partial charge in [-0.25, -0.2) is 4.98 Å². The molecule has 0 unspecified atom stereocenters. The Labute approximate surface area is 196 Å². The fraction of sp³-hybridized carbons (Fsp3) is 0.346. The minimum Gasteiger partial charge on any atom is -0.477 e. The zero-order valence-corrected chi connectivity index (χ0v) is 19.8. The number of benzene rings is 1. The van der Waals surface area contributed by atoms with Crippen LogP contribution < -0.4 is 20.5 Å². The molecule has 174 valence electrons. The van der Waals surface area contributed by atoms with Crippen LogP contribution in [0.25, 0.3) is 5.70 Å². The molecule has 0 bridgehead atoms. The Kier molecular flexibility index (Phi) is 9.06. The van der Waals surface area contributed by atoms with E-state index in [2.05, 4.69) is 60.2 Å². The van der Waals surface area contributed by atoms with Crippen LogP contribution in [0.4, 0.5) is 11.6 Å². The first-order valence-corrected chi connectivity index (χ1v) is 11.5. The van der Waals surface area contributed by atoms with Gasteiger partial charge in [-0.05, 0) is 49.6 Å². The molecule has 3 aromatic rings. The molecule has 3 rings (SSSR count). The minimum atomic E-state index is 0.482. The summed E-state index contributed by atoms with van der Waals surface area (Å²) in [7, 11) is 0. The molecule has 0 aliphatic heterocycles.